The summed E-state index contributed by atoms with van der Waals surface area (Å²) in [6.07, 6.45) is 0. The topological polar surface area (TPSA) is 87.6 Å². The van der Waals surface area contributed by atoms with Gasteiger partial charge in [-0.05, 0) is 36.4 Å². The van der Waals surface area contributed by atoms with E-state index in [1.807, 2.05) is 30.3 Å². The Kier molecular flexibility index (Phi) is 4.57. The lowest BCUT2D eigenvalue weighted by atomic mass is 10.3. The highest BCUT2D eigenvalue weighted by atomic mass is 16.5. The third-order valence-electron chi connectivity index (χ3n) is 2.60. The zero-order valence-electron chi connectivity index (χ0n) is 10.9. The summed E-state index contributed by atoms with van der Waals surface area (Å²) in [4.78, 5) is 10.8. The first-order valence-electron chi connectivity index (χ1n) is 6.16. The highest BCUT2D eigenvalue weighted by Crippen LogP contribution is 2.23. The minimum atomic E-state index is -0.810. The van der Waals surface area contributed by atoms with Crippen LogP contribution in [0.2, 0.25) is 0 Å². The van der Waals surface area contributed by atoms with Gasteiger partial charge in [0.2, 0.25) is 5.91 Å². The van der Waals surface area contributed by atoms with Crippen molar-refractivity contribution in [1.82, 2.24) is 0 Å². The van der Waals surface area contributed by atoms with Gasteiger partial charge in [0.15, 0.2) is 0 Å². The van der Waals surface area contributed by atoms with E-state index >= 15 is 0 Å². The third kappa shape index (κ3) is 4.00. The lowest BCUT2D eigenvalue weighted by molar-refractivity contribution is -0.119. The van der Waals surface area contributed by atoms with Crippen LogP contribution in [0.4, 0.5) is 0 Å². The van der Waals surface area contributed by atoms with Gasteiger partial charge in [0.1, 0.15) is 29.9 Å². The predicted molar refractivity (Wildman–Crippen MR) is 75.6 cm³/mol. The summed E-state index contributed by atoms with van der Waals surface area (Å²) >= 11 is 0. The molecular formula is C15H16N2O3. The largest absolute Gasteiger partial charge is 0.491 e. The van der Waals surface area contributed by atoms with E-state index in [9.17, 15) is 4.79 Å². The number of para-hydroxylation sites is 1. The molecule has 1 unspecified atom stereocenters. The van der Waals surface area contributed by atoms with Crippen molar-refractivity contribution in [1.29, 1.82) is 0 Å². The summed E-state index contributed by atoms with van der Waals surface area (Å²) in [5.41, 5.74) is 10.5. The number of benzene rings is 2. The Morgan fingerprint density at radius 3 is 2.10 bits per heavy atom. The second-order valence-corrected chi connectivity index (χ2v) is 4.21. The fourth-order valence-electron chi connectivity index (χ4n) is 1.50. The molecular weight excluding hydrogens is 256 g/mol. The molecule has 0 bridgehead atoms. The molecule has 0 aliphatic rings. The smallest absolute Gasteiger partial charge is 0.237 e. The van der Waals surface area contributed by atoms with Crippen LogP contribution in [0.15, 0.2) is 54.6 Å². The maximum atomic E-state index is 10.8. The summed E-state index contributed by atoms with van der Waals surface area (Å²) in [5, 5.41) is 0. The lowest BCUT2D eigenvalue weighted by Crippen LogP contribution is -2.41. The van der Waals surface area contributed by atoms with Crippen molar-refractivity contribution >= 4 is 5.91 Å². The van der Waals surface area contributed by atoms with Crippen molar-refractivity contribution in [3.05, 3.63) is 54.6 Å². The number of hydrogen-bond donors (Lipinski definition) is 2. The van der Waals surface area contributed by atoms with E-state index in [0.717, 1.165) is 5.75 Å². The molecule has 20 heavy (non-hydrogen) atoms. The molecule has 0 saturated carbocycles. The first-order valence-corrected chi connectivity index (χ1v) is 6.16. The maximum Gasteiger partial charge on any atom is 0.237 e. The molecule has 0 radical (unpaired) electrons. The number of ether oxygens (including phenoxy) is 2. The average molecular weight is 272 g/mol. The van der Waals surface area contributed by atoms with Gasteiger partial charge in [-0.15, -0.1) is 0 Å². The summed E-state index contributed by atoms with van der Waals surface area (Å²) in [6, 6.07) is 15.7. The molecule has 2 aromatic carbocycles. The first-order chi connectivity index (χ1) is 9.65. The van der Waals surface area contributed by atoms with Crippen LogP contribution < -0.4 is 20.9 Å². The van der Waals surface area contributed by atoms with Crippen LogP contribution in [0.25, 0.3) is 0 Å². The zero-order chi connectivity index (χ0) is 14.4. The number of rotatable bonds is 6. The minimum absolute atomic E-state index is 0.0498. The molecule has 2 aromatic rings. The van der Waals surface area contributed by atoms with Crippen LogP contribution >= 0.6 is 0 Å². The van der Waals surface area contributed by atoms with Crippen LogP contribution in [0.3, 0.4) is 0 Å². The SMILES string of the molecule is NC(=O)C(N)COc1ccc(Oc2ccccc2)cc1. The summed E-state index contributed by atoms with van der Waals surface area (Å²) in [7, 11) is 0. The number of hydrogen-bond acceptors (Lipinski definition) is 4. The molecule has 104 valence electrons. The maximum absolute atomic E-state index is 10.8. The highest BCUT2D eigenvalue weighted by Gasteiger charge is 2.09. The van der Waals surface area contributed by atoms with Gasteiger partial charge in [0, 0.05) is 0 Å². The van der Waals surface area contributed by atoms with Gasteiger partial charge in [0.25, 0.3) is 0 Å². The van der Waals surface area contributed by atoms with E-state index in [-0.39, 0.29) is 6.61 Å². The average Bonchev–Trinajstić information content (AvgIpc) is 2.47. The van der Waals surface area contributed by atoms with E-state index in [2.05, 4.69) is 0 Å². The van der Waals surface area contributed by atoms with Crippen molar-refractivity contribution in [2.45, 2.75) is 6.04 Å². The Bertz CT molecular complexity index is 555. The van der Waals surface area contributed by atoms with Crippen LogP contribution in [-0.2, 0) is 4.79 Å². The molecule has 5 heteroatoms. The first kappa shape index (κ1) is 13.9. The molecule has 0 aliphatic carbocycles. The second-order valence-electron chi connectivity index (χ2n) is 4.21. The molecule has 1 amide bonds. The van der Waals surface area contributed by atoms with Crippen LogP contribution in [0.1, 0.15) is 0 Å². The molecule has 0 aliphatic heterocycles. The van der Waals surface area contributed by atoms with Crippen LogP contribution in [0.5, 0.6) is 17.2 Å². The number of nitrogens with two attached hydrogens (primary N) is 2. The lowest BCUT2D eigenvalue weighted by Gasteiger charge is -2.10. The van der Waals surface area contributed by atoms with E-state index in [4.69, 9.17) is 20.9 Å². The summed E-state index contributed by atoms with van der Waals surface area (Å²) in [5.74, 6) is 1.47. The molecule has 4 N–H and O–H groups in total. The van der Waals surface area contributed by atoms with Crippen LogP contribution in [-0.4, -0.2) is 18.6 Å². The van der Waals surface area contributed by atoms with E-state index in [0.29, 0.717) is 11.5 Å². The van der Waals surface area contributed by atoms with Gasteiger partial charge < -0.3 is 20.9 Å². The molecule has 2 rings (SSSR count). The summed E-state index contributed by atoms with van der Waals surface area (Å²) < 4.78 is 11.0. The summed E-state index contributed by atoms with van der Waals surface area (Å²) in [6.45, 7) is 0.0498. The molecule has 0 spiro atoms. The Hall–Kier alpha value is -2.53. The van der Waals surface area contributed by atoms with E-state index in [1.165, 1.54) is 0 Å². The van der Waals surface area contributed by atoms with Crippen molar-refractivity contribution < 1.29 is 14.3 Å². The zero-order valence-corrected chi connectivity index (χ0v) is 10.9. The molecule has 0 aromatic heterocycles. The third-order valence-corrected chi connectivity index (χ3v) is 2.60. The van der Waals surface area contributed by atoms with Crippen LogP contribution in [0, 0.1) is 0 Å². The predicted octanol–water partition coefficient (Wildman–Crippen LogP) is 1.67. The quantitative estimate of drug-likeness (QED) is 0.837. The number of carbonyl (C=O) groups excluding carboxylic acids is 1. The molecule has 1 atom stereocenters. The molecule has 0 saturated heterocycles. The van der Waals surface area contributed by atoms with Gasteiger partial charge in [-0.1, -0.05) is 18.2 Å². The Morgan fingerprint density at radius 1 is 0.950 bits per heavy atom. The standard InChI is InChI=1S/C15H16N2O3/c16-14(15(17)18)10-19-11-6-8-13(9-7-11)20-12-4-2-1-3-5-12/h1-9,14H,10,16H2,(H2,17,18). The normalized spacial score (nSPS) is 11.7. The number of carbonyl (C=O) groups is 1. The van der Waals surface area contributed by atoms with Gasteiger partial charge in [-0.25, -0.2) is 0 Å². The Morgan fingerprint density at radius 2 is 1.50 bits per heavy atom. The van der Waals surface area contributed by atoms with E-state index in [1.54, 1.807) is 24.3 Å². The van der Waals surface area contributed by atoms with Crippen molar-refractivity contribution in [3.63, 3.8) is 0 Å². The Balaban J connectivity index is 1.91. The minimum Gasteiger partial charge on any atom is -0.491 e. The second kappa shape index (κ2) is 6.58. The fourth-order valence-corrected chi connectivity index (χ4v) is 1.50. The molecule has 5 nitrogen and oxygen atoms in total. The monoisotopic (exact) mass is 272 g/mol. The highest BCUT2D eigenvalue weighted by molar-refractivity contribution is 5.79. The molecule has 0 fully saturated rings. The fraction of sp³-hybridized carbons (Fsp3) is 0.133. The Labute approximate surface area is 117 Å². The van der Waals surface area contributed by atoms with Gasteiger partial charge >= 0.3 is 0 Å². The van der Waals surface area contributed by atoms with Crippen molar-refractivity contribution in [2.75, 3.05) is 6.61 Å². The van der Waals surface area contributed by atoms with Gasteiger partial charge in [-0.3, -0.25) is 4.79 Å². The van der Waals surface area contributed by atoms with Gasteiger partial charge in [-0.2, -0.15) is 0 Å². The van der Waals surface area contributed by atoms with Gasteiger partial charge in [0.05, 0.1) is 0 Å². The van der Waals surface area contributed by atoms with E-state index < -0.39 is 11.9 Å². The number of primary amides is 1. The molecule has 0 heterocycles. The van der Waals surface area contributed by atoms with Crippen molar-refractivity contribution in [3.8, 4) is 17.2 Å². The van der Waals surface area contributed by atoms with Crippen molar-refractivity contribution in [2.24, 2.45) is 11.5 Å². The number of amides is 1.